The topological polar surface area (TPSA) is 75.7 Å². The van der Waals surface area contributed by atoms with Crippen molar-refractivity contribution in [2.75, 3.05) is 25.0 Å². The number of anilines is 1. The van der Waals surface area contributed by atoms with Gasteiger partial charge in [-0.2, -0.15) is 0 Å². The fourth-order valence-electron chi connectivity index (χ4n) is 2.21. The maximum atomic E-state index is 12.0. The average molecular weight is 290 g/mol. The summed E-state index contributed by atoms with van der Waals surface area (Å²) in [5.41, 5.74) is 0.702. The van der Waals surface area contributed by atoms with Crippen molar-refractivity contribution in [1.82, 2.24) is 4.90 Å². The highest BCUT2D eigenvalue weighted by Gasteiger charge is 2.23. The molecule has 21 heavy (non-hydrogen) atoms. The van der Waals surface area contributed by atoms with Crippen LogP contribution in [0.5, 0.6) is 0 Å². The van der Waals surface area contributed by atoms with Gasteiger partial charge in [-0.05, 0) is 25.5 Å². The van der Waals surface area contributed by atoms with Gasteiger partial charge in [-0.1, -0.05) is 12.1 Å². The minimum Gasteiger partial charge on any atom is -0.462 e. The summed E-state index contributed by atoms with van der Waals surface area (Å²) in [7, 11) is 0. The van der Waals surface area contributed by atoms with Gasteiger partial charge in [0.1, 0.15) is 0 Å². The quantitative estimate of drug-likeness (QED) is 0.832. The Balaban J connectivity index is 2.03. The summed E-state index contributed by atoms with van der Waals surface area (Å²) in [6.07, 6.45) is 1.28. The van der Waals surface area contributed by atoms with Gasteiger partial charge in [0.15, 0.2) is 0 Å². The lowest BCUT2D eigenvalue weighted by atomic mass is 10.2. The molecule has 1 heterocycles. The zero-order valence-electron chi connectivity index (χ0n) is 11.9. The van der Waals surface area contributed by atoms with Gasteiger partial charge in [-0.3, -0.25) is 9.59 Å². The summed E-state index contributed by atoms with van der Waals surface area (Å²) in [6.45, 7) is 2.60. The number of carbonyl (C=O) groups is 3. The number of hydrogen-bond donors (Lipinski definition) is 1. The molecule has 0 saturated carbocycles. The first-order valence-corrected chi connectivity index (χ1v) is 6.95. The van der Waals surface area contributed by atoms with Crippen LogP contribution in [0, 0.1) is 0 Å². The van der Waals surface area contributed by atoms with E-state index in [-0.39, 0.29) is 25.0 Å². The summed E-state index contributed by atoms with van der Waals surface area (Å²) in [4.78, 5) is 36.8. The van der Waals surface area contributed by atoms with Crippen molar-refractivity contribution in [3.8, 4) is 0 Å². The largest absolute Gasteiger partial charge is 0.462 e. The Labute approximate surface area is 123 Å². The van der Waals surface area contributed by atoms with Crippen LogP contribution >= 0.6 is 0 Å². The maximum absolute atomic E-state index is 12.0. The number of amides is 2. The third-order valence-corrected chi connectivity index (χ3v) is 3.20. The first-order valence-electron chi connectivity index (χ1n) is 6.95. The highest BCUT2D eigenvalue weighted by molar-refractivity contribution is 6.02. The van der Waals surface area contributed by atoms with Gasteiger partial charge in [-0.25, -0.2) is 4.79 Å². The van der Waals surface area contributed by atoms with E-state index in [1.54, 1.807) is 31.2 Å². The molecule has 0 bridgehead atoms. The Bertz CT molecular complexity index is 556. The molecule has 2 amide bonds. The van der Waals surface area contributed by atoms with Crippen LogP contribution < -0.4 is 5.32 Å². The lowest BCUT2D eigenvalue weighted by Gasteiger charge is -2.16. The predicted octanol–water partition coefficient (Wildman–Crippen LogP) is 1.42. The Kier molecular flexibility index (Phi) is 4.92. The van der Waals surface area contributed by atoms with Crippen molar-refractivity contribution >= 4 is 23.5 Å². The van der Waals surface area contributed by atoms with E-state index >= 15 is 0 Å². The van der Waals surface area contributed by atoms with Gasteiger partial charge in [0.2, 0.25) is 11.8 Å². The molecule has 1 saturated heterocycles. The van der Waals surface area contributed by atoms with Crippen LogP contribution in [0.1, 0.15) is 30.1 Å². The second-order valence-electron chi connectivity index (χ2n) is 4.73. The number of para-hydroxylation sites is 1. The number of carbonyl (C=O) groups excluding carboxylic acids is 3. The Morgan fingerprint density at radius 2 is 2.10 bits per heavy atom. The molecule has 0 aromatic heterocycles. The summed E-state index contributed by atoms with van der Waals surface area (Å²) < 4.78 is 4.95. The smallest absolute Gasteiger partial charge is 0.340 e. The zero-order chi connectivity index (χ0) is 15.2. The fraction of sp³-hybridized carbons (Fsp3) is 0.400. The van der Waals surface area contributed by atoms with Crippen molar-refractivity contribution in [2.24, 2.45) is 0 Å². The number of likely N-dealkylation sites (tertiary alicyclic amines) is 1. The van der Waals surface area contributed by atoms with Crippen molar-refractivity contribution in [1.29, 1.82) is 0 Å². The molecule has 112 valence electrons. The Morgan fingerprint density at radius 1 is 1.33 bits per heavy atom. The number of ether oxygens (including phenoxy) is 1. The minimum atomic E-state index is -0.481. The van der Waals surface area contributed by atoms with Crippen molar-refractivity contribution in [3.63, 3.8) is 0 Å². The third-order valence-electron chi connectivity index (χ3n) is 3.20. The summed E-state index contributed by atoms with van der Waals surface area (Å²) >= 11 is 0. The van der Waals surface area contributed by atoms with Gasteiger partial charge in [0, 0.05) is 13.0 Å². The molecule has 1 aliphatic rings. The highest BCUT2D eigenvalue weighted by Crippen LogP contribution is 2.17. The molecule has 0 atom stereocenters. The van der Waals surface area contributed by atoms with Crippen LogP contribution in [-0.2, 0) is 14.3 Å². The van der Waals surface area contributed by atoms with Gasteiger partial charge in [0.25, 0.3) is 0 Å². The Morgan fingerprint density at radius 3 is 2.76 bits per heavy atom. The third kappa shape index (κ3) is 3.81. The molecule has 0 radical (unpaired) electrons. The molecule has 2 rings (SSSR count). The summed E-state index contributed by atoms with van der Waals surface area (Å²) in [6, 6.07) is 6.65. The zero-order valence-corrected chi connectivity index (χ0v) is 11.9. The molecule has 1 N–H and O–H groups in total. The summed E-state index contributed by atoms with van der Waals surface area (Å²) in [5, 5.41) is 2.66. The first-order chi connectivity index (χ1) is 10.1. The molecule has 6 heteroatoms. The van der Waals surface area contributed by atoms with E-state index in [9.17, 15) is 14.4 Å². The van der Waals surface area contributed by atoms with Crippen LogP contribution in [0.15, 0.2) is 24.3 Å². The van der Waals surface area contributed by atoms with E-state index in [4.69, 9.17) is 4.74 Å². The fourth-order valence-corrected chi connectivity index (χ4v) is 2.21. The van der Waals surface area contributed by atoms with E-state index in [0.717, 1.165) is 6.42 Å². The van der Waals surface area contributed by atoms with Gasteiger partial charge in [0.05, 0.1) is 24.4 Å². The minimum absolute atomic E-state index is 0.00991. The van der Waals surface area contributed by atoms with Gasteiger partial charge in [-0.15, -0.1) is 0 Å². The van der Waals surface area contributed by atoms with Crippen LogP contribution in [0.25, 0.3) is 0 Å². The molecule has 1 aromatic rings. The Hall–Kier alpha value is -2.37. The van der Waals surface area contributed by atoms with Crippen molar-refractivity contribution < 1.29 is 19.1 Å². The molecule has 0 unspecified atom stereocenters. The molecule has 0 aliphatic carbocycles. The monoisotopic (exact) mass is 290 g/mol. The van der Waals surface area contributed by atoms with Crippen molar-refractivity contribution in [3.05, 3.63) is 29.8 Å². The SMILES string of the molecule is CCOC(=O)c1ccccc1NC(=O)CN1CCCC1=O. The number of esters is 1. The van der Waals surface area contributed by atoms with Crippen molar-refractivity contribution in [2.45, 2.75) is 19.8 Å². The highest BCUT2D eigenvalue weighted by atomic mass is 16.5. The normalized spacial score (nSPS) is 14.1. The van der Waals surface area contributed by atoms with E-state index < -0.39 is 5.97 Å². The number of benzene rings is 1. The molecular weight excluding hydrogens is 272 g/mol. The number of hydrogen-bond acceptors (Lipinski definition) is 4. The van der Waals surface area contributed by atoms with Gasteiger partial charge < -0.3 is 15.0 Å². The van der Waals surface area contributed by atoms with Gasteiger partial charge >= 0.3 is 5.97 Å². The lowest BCUT2D eigenvalue weighted by molar-refractivity contribution is -0.131. The molecule has 1 fully saturated rings. The molecule has 1 aliphatic heterocycles. The van der Waals surface area contributed by atoms with Crippen LogP contribution in [0.2, 0.25) is 0 Å². The van der Waals surface area contributed by atoms with E-state index in [1.807, 2.05) is 0 Å². The van der Waals surface area contributed by atoms with Crippen LogP contribution in [0.4, 0.5) is 5.69 Å². The molecule has 1 aromatic carbocycles. The summed E-state index contributed by atoms with van der Waals surface area (Å²) in [5.74, 6) is -0.809. The molecule has 6 nitrogen and oxygen atoms in total. The van der Waals surface area contributed by atoms with Crippen LogP contribution in [0.3, 0.4) is 0 Å². The average Bonchev–Trinajstić information content (AvgIpc) is 2.85. The molecule has 0 spiro atoms. The van der Waals surface area contributed by atoms with E-state index in [2.05, 4.69) is 5.32 Å². The maximum Gasteiger partial charge on any atom is 0.340 e. The molecular formula is C15H18N2O4. The standard InChI is InChI=1S/C15H18N2O4/c1-2-21-15(20)11-6-3-4-7-12(11)16-13(18)10-17-9-5-8-14(17)19/h3-4,6-7H,2,5,8-10H2,1H3,(H,16,18). The predicted molar refractivity (Wildman–Crippen MR) is 76.8 cm³/mol. The first kappa shape index (κ1) is 15.0. The number of rotatable bonds is 5. The van der Waals surface area contributed by atoms with E-state index in [0.29, 0.717) is 24.2 Å². The number of nitrogens with one attached hydrogen (secondary N) is 1. The number of nitrogens with zero attached hydrogens (tertiary/aromatic N) is 1. The second kappa shape index (κ2) is 6.88. The second-order valence-corrected chi connectivity index (χ2v) is 4.73. The lowest BCUT2D eigenvalue weighted by Crippen LogP contribution is -2.34. The van der Waals surface area contributed by atoms with E-state index in [1.165, 1.54) is 4.90 Å². The van der Waals surface area contributed by atoms with Crippen LogP contribution in [-0.4, -0.2) is 42.4 Å².